The lowest BCUT2D eigenvalue weighted by Gasteiger charge is -2.25. The van der Waals surface area contributed by atoms with Gasteiger partial charge in [-0.3, -0.25) is 14.4 Å². The van der Waals surface area contributed by atoms with Crippen molar-refractivity contribution in [1.29, 1.82) is 0 Å². The van der Waals surface area contributed by atoms with Gasteiger partial charge < -0.3 is 14.2 Å². The number of halogens is 3. The number of methoxy groups -OCH3 is 1. The zero-order valence-corrected chi connectivity index (χ0v) is 21.7. The third kappa shape index (κ3) is 6.60. The first-order chi connectivity index (χ1) is 17.7. The van der Waals surface area contributed by atoms with Crippen LogP contribution in [0.3, 0.4) is 0 Å². The molecule has 0 fully saturated rings. The van der Waals surface area contributed by atoms with Crippen LogP contribution in [0.5, 0.6) is 0 Å². The van der Waals surface area contributed by atoms with Crippen molar-refractivity contribution in [3.05, 3.63) is 61.8 Å². The molecule has 0 atom stereocenters. The number of esters is 2. The van der Waals surface area contributed by atoms with E-state index >= 15 is 4.39 Å². The molecule has 1 aliphatic rings. The predicted octanol–water partition coefficient (Wildman–Crippen LogP) is 4.98. The molecular weight excluding hydrogens is 532 g/mol. The molecular formula is C25H24ClF2NO7S. The van der Waals surface area contributed by atoms with Crippen LogP contribution in [-0.4, -0.2) is 44.3 Å². The molecule has 0 unspecified atom stereocenters. The van der Waals surface area contributed by atoms with Crippen molar-refractivity contribution in [3.8, 4) is 0 Å². The van der Waals surface area contributed by atoms with Crippen molar-refractivity contribution < 1.29 is 42.2 Å². The molecule has 2 amide bonds. The third-order valence-electron chi connectivity index (χ3n) is 5.54. The molecule has 0 saturated heterocycles. The molecule has 37 heavy (non-hydrogen) atoms. The number of carbonyl (C=O) groups is 4. The van der Waals surface area contributed by atoms with Gasteiger partial charge >= 0.3 is 11.9 Å². The minimum atomic E-state index is -1.06. The molecule has 3 rings (SSSR count). The Labute approximate surface area is 220 Å². The van der Waals surface area contributed by atoms with E-state index in [1.54, 1.807) is 6.92 Å². The van der Waals surface area contributed by atoms with Gasteiger partial charge in [-0.15, -0.1) is 11.3 Å². The van der Waals surface area contributed by atoms with Crippen LogP contribution in [0.2, 0.25) is 5.02 Å². The summed E-state index contributed by atoms with van der Waals surface area (Å²) >= 11 is 6.84. The Morgan fingerprint density at radius 3 is 2.43 bits per heavy atom. The summed E-state index contributed by atoms with van der Waals surface area (Å²) in [5, 5.41) is -1.36. The molecule has 1 heterocycles. The summed E-state index contributed by atoms with van der Waals surface area (Å²) in [6, 6.07) is 4.51. The van der Waals surface area contributed by atoms with E-state index in [1.807, 2.05) is 0 Å². The Hall–Kier alpha value is -3.15. The molecule has 0 aliphatic heterocycles. The number of anilines is 1. The first-order valence-electron chi connectivity index (χ1n) is 11.3. The average molecular weight is 556 g/mol. The van der Waals surface area contributed by atoms with E-state index in [0.717, 1.165) is 19.2 Å². The summed E-state index contributed by atoms with van der Waals surface area (Å²) in [6.45, 7) is 1.69. The number of benzene rings is 1. The SMILES string of the molecule is CCOCOC(=O)C1=C(C(=O)N(C(=O)c2cccc(F)c2)c2c(F)sc(CC(=O)OC)c2Cl)CCCC1. The zero-order chi connectivity index (χ0) is 27.1. The first-order valence-corrected chi connectivity index (χ1v) is 12.5. The number of imide groups is 1. The standard InChI is InChI=1S/C25H24ClF2NO7S/c1-3-35-13-36-25(33)17-10-5-4-9-16(17)24(32)29(23(31)14-7-6-8-15(27)11-14)21-20(26)18(37-22(21)28)12-19(30)34-2/h6-8,11H,3-5,9-10,12-13H2,1-2H3. The monoisotopic (exact) mass is 555 g/mol. The maximum Gasteiger partial charge on any atom is 0.336 e. The number of thiophene rings is 1. The number of hydrogen-bond donors (Lipinski definition) is 0. The maximum atomic E-state index is 15.3. The van der Waals surface area contributed by atoms with E-state index in [1.165, 1.54) is 12.1 Å². The van der Waals surface area contributed by atoms with Gasteiger partial charge in [0.15, 0.2) is 6.79 Å². The summed E-state index contributed by atoms with van der Waals surface area (Å²) < 4.78 is 43.9. The van der Waals surface area contributed by atoms with Crippen LogP contribution < -0.4 is 4.90 Å². The highest BCUT2D eigenvalue weighted by Gasteiger charge is 2.37. The molecule has 1 aliphatic carbocycles. The highest BCUT2D eigenvalue weighted by atomic mass is 35.5. The lowest BCUT2D eigenvalue weighted by molar-refractivity contribution is -0.151. The highest BCUT2D eigenvalue weighted by Crippen LogP contribution is 2.41. The quantitative estimate of drug-likeness (QED) is 0.186. The minimum absolute atomic E-state index is 0.0276. The Kier molecular flexibility index (Phi) is 9.90. The number of rotatable bonds is 9. The van der Waals surface area contributed by atoms with Crippen LogP contribution in [-0.2, 0) is 35.0 Å². The van der Waals surface area contributed by atoms with Gasteiger partial charge in [0.25, 0.3) is 11.8 Å². The van der Waals surface area contributed by atoms with Crippen LogP contribution >= 0.6 is 22.9 Å². The normalized spacial score (nSPS) is 13.3. The van der Waals surface area contributed by atoms with Gasteiger partial charge in [-0.25, -0.2) is 14.1 Å². The van der Waals surface area contributed by atoms with Gasteiger partial charge in [-0.2, -0.15) is 4.39 Å². The number of carbonyl (C=O) groups excluding carboxylic acids is 4. The Bertz CT molecular complexity index is 1240. The molecule has 2 aromatic rings. The second kappa shape index (κ2) is 12.9. The third-order valence-corrected chi connectivity index (χ3v) is 7.02. The molecule has 1 aromatic heterocycles. The predicted molar refractivity (Wildman–Crippen MR) is 131 cm³/mol. The fourth-order valence-corrected chi connectivity index (χ4v) is 5.02. The van der Waals surface area contributed by atoms with Crippen LogP contribution in [0.1, 0.15) is 47.8 Å². The van der Waals surface area contributed by atoms with Gasteiger partial charge in [0, 0.05) is 28.2 Å². The van der Waals surface area contributed by atoms with Crippen molar-refractivity contribution in [3.63, 3.8) is 0 Å². The lowest BCUT2D eigenvalue weighted by Crippen LogP contribution is -2.40. The topological polar surface area (TPSA) is 99.2 Å². The van der Waals surface area contributed by atoms with E-state index < -0.39 is 46.8 Å². The first kappa shape index (κ1) is 28.4. The van der Waals surface area contributed by atoms with Crippen LogP contribution in [0.4, 0.5) is 14.5 Å². The van der Waals surface area contributed by atoms with Gasteiger partial charge in [0.1, 0.15) is 11.5 Å². The minimum Gasteiger partial charge on any atom is -0.469 e. The lowest BCUT2D eigenvalue weighted by atomic mass is 9.90. The summed E-state index contributed by atoms with van der Waals surface area (Å²) in [4.78, 5) is 52.4. The van der Waals surface area contributed by atoms with E-state index in [9.17, 15) is 23.6 Å². The zero-order valence-electron chi connectivity index (χ0n) is 20.1. The summed E-state index contributed by atoms with van der Waals surface area (Å²) in [7, 11) is 1.14. The van der Waals surface area contributed by atoms with Crippen molar-refractivity contribution >= 4 is 52.4 Å². The summed E-state index contributed by atoms with van der Waals surface area (Å²) in [5.41, 5.74) is -0.852. The Morgan fingerprint density at radius 2 is 1.78 bits per heavy atom. The summed E-state index contributed by atoms with van der Waals surface area (Å²) in [5.74, 6) is -4.32. The molecule has 12 heteroatoms. The Balaban J connectivity index is 2.13. The molecule has 0 N–H and O–H groups in total. The van der Waals surface area contributed by atoms with E-state index in [-0.39, 0.29) is 46.2 Å². The number of hydrogen-bond acceptors (Lipinski definition) is 8. The number of ether oxygens (including phenoxy) is 3. The number of amides is 2. The van der Waals surface area contributed by atoms with Gasteiger partial charge in [-0.1, -0.05) is 17.7 Å². The van der Waals surface area contributed by atoms with E-state index in [4.69, 9.17) is 21.1 Å². The Morgan fingerprint density at radius 1 is 1.08 bits per heavy atom. The molecule has 198 valence electrons. The summed E-state index contributed by atoms with van der Waals surface area (Å²) in [6.07, 6.45) is 1.03. The smallest absolute Gasteiger partial charge is 0.336 e. The second-order valence-electron chi connectivity index (χ2n) is 7.88. The fraction of sp³-hybridized carbons (Fsp3) is 0.360. The van der Waals surface area contributed by atoms with Crippen LogP contribution in [0, 0.1) is 10.9 Å². The number of nitrogens with zero attached hydrogens (tertiary/aromatic N) is 1. The molecule has 1 aromatic carbocycles. The maximum absolute atomic E-state index is 15.3. The largest absolute Gasteiger partial charge is 0.469 e. The van der Waals surface area contributed by atoms with Crippen molar-refractivity contribution in [2.24, 2.45) is 0 Å². The van der Waals surface area contributed by atoms with Gasteiger partial charge in [0.05, 0.1) is 18.6 Å². The molecule has 0 spiro atoms. The van der Waals surface area contributed by atoms with Gasteiger partial charge in [-0.05, 0) is 50.8 Å². The van der Waals surface area contributed by atoms with E-state index in [0.29, 0.717) is 35.7 Å². The molecule has 0 bridgehead atoms. The average Bonchev–Trinajstić information content (AvgIpc) is 3.16. The molecule has 0 saturated carbocycles. The van der Waals surface area contributed by atoms with Gasteiger partial charge in [0.2, 0.25) is 5.13 Å². The van der Waals surface area contributed by atoms with E-state index in [2.05, 4.69) is 4.74 Å². The van der Waals surface area contributed by atoms with Crippen molar-refractivity contribution in [2.45, 2.75) is 39.0 Å². The fourth-order valence-electron chi connectivity index (χ4n) is 3.74. The van der Waals surface area contributed by atoms with Crippen LogP contribution in [0.25, 0.3) is 0 Å². The highest BCUT2D eigenvalue weighted by molar-refractivity contribution is 7.11. The molecule has 8 nitrogen and oxygen atoms in total. The molecule has 0 radical (unpaired) electrons. The van der Waals surface area contributed by atoms with Crippen LogP contribution in [0.15, 0.2) is 35.4 Å². The van der Waals surface area contributed by atoms with Crippen molar-refractivity contribution in [1.82, 2.24) is 0 Å². The van der Waals surface area contributed by atoms with Crippen molar-refractivity contribution in [2.75, 3.05) is 25.4 Å². The second-order valence-corrected chi connectivity index (χ2v) is 9.31.